The first-order chi connectivity index (χ1) is 4.51. The summed E-state index contributed by atoms with van der Waals surface area (Å²) in [6.07, 6.45) is 0.00926. The zero-order chi connectivity index (χ0) is 7.78. The minimum Gasteiger partial charge on any atom is -0.347 e. The van der Waals surface area contributed by atoms with Crippen LogP contribution in [0.3, 0.4) is 0 Å². The minimum absolute atomic E-state index is 0.00926. The molecular weight excluding hydrogens is 196 g/mol. The standard InChI is InChI=1S/C7H11BrO2/c1-5(8)6-4-9-7(2,3)10-6/h6H,1,4H2,2-3H3. The van der Waals surface area contributed by atoms with Crippen molar-refractivity contribution >= 4 is 15.9 Å². The van der Waals surface area contributed by atoms with Gasteiger partial charge in [-0.25, -0.2) is 0 Å². The molecule has 10 heavy (non-hydrogen) atoms. The van der Waals surface area contributed by atoms with Crippen LogP contribution in [0.5, 0.6) is 0 Å². The van der Waals surface area contributed by atoms with E-state index >= 15 is 0 Å². The lowest BCUT2D eigenvalue weighted by molar-refractivity contribution is -0.133. The Balaban J connectivity index is 2.51. The van der Waals surface area contributed by atoms with Gasteiger partial charge in [-0.15, -0.1) is 0 Å². The number of ether oxygens (including phenoxy) is 2. The Hall–Kier alpha value is 0.140. The van der Waals surface area contributed by atoms with Crippen molar-refractivity contribution in [3.8, 4) is 0 Å². The molecule has 2 nitrogen and oxygen atoms in total. The second kappa shape index (κ2) is 2.64. The lowest BCUT2D eigenvalue weighted by Gasteiger charge is -2.16. The molecule has 0 N–H and O–H groups in total. The first-order valence-corrected chi connectivity index (χ1v) is 3.97. The van der Waals surface area contributed by atoms with Crippen molar-refractivity contribution in [1.29, 1.82) is 0 Å². The maximum absolute atomic E-state index is 5.44. The zero-order valence-electron chi connectivity index (χ0n) is 6.19. The fourth-order valence-corrected chi connectivity index (χ4v) is 1.07. The van der Waals surface area contributed by atoms with E-state index in [1.807, 2.05) is 13.8 Å². The predicted octanol–water partition coefficient (Wildman–Crippen LogP) is 2.05. The third-order valence-corrected chi connectivity index (χ3v) is 1.87. The van der Waals surface area contributed by atoms with Gasteiger partial charge in [0.15, 0.2) is 5.79 Å². The van der Waals surface area contributed by atoms with Crippen LogP contribution in [0, 0.1) is 0 Å². The summed E-state index contributed by atoms with van der Waals surface area (Å²) in [6, 6.07) is 0. The number of hydrogen-bond donors (Lipinski definition) is 0. The lowest BCUT2D eigenvalue weighted by atomic mass is 10.4. The fourth-order valence-electron chi connectivity index (χ4n) is 0.841. The van der Waals surface area contributed by atoms with Crippen LogP contribution in [0.2, 0.25) is 0 Å². The quantitative estimate of drug-likeness (QED) is 0.655. The molecule has 0 radical (unpaired) electrons. The second-order valence-corrected chi connectivity index (χ2v) is 3.78. The second-order valence-electron chi connectivity index (χ2n) is 2.76. The Bertz CT molecular complexity index is 154. The molecule has 0 aromatic rings. The summed E-state index contributed by atoms with van der Waals surface area (Å²) in [5, 5.41) is 0. The van der Waals surface area contributed by atoms with E-state index in [2.05, 4.69) is 22.5 Å². The van der Waals surface area contributed by atoms with Crippen LogP contribution in [-0.4, -0.2) is 18.5 Å². The van der Waals surface area contributed by atoms with Crippen LogP contribution in [0.25, 0.3) is 0 Å². The Morgan fingerprint density at radius 2 is 2.30 bits per heavy atom. The zero-order valence-corrected chi connectivity index (χ0v) is 7.77. The molecule has 0 aliphatic carbocycles. The number of halogens is 1. The Labute approximate surface area is 69.3 Å². The van der Waals surface area contributed by atoms with Gasteiger partial charge in [-0.3, -0.25) is 0 Å². The van der Waals surface area contributed by atoms with Gasteiger partial charge in [0.2, 0.25) is 0 Å². The smallest absolute Gasteiger partial charge is 0.163 e. The molecule has 1 fully saturated rings. The summed E-state index contributed by atoms with van der Waals surface area (Å²) in [5.41, 5.74) is 0. The average molecular weight is 207 g/mol. The summed E-state index contributed by atoms with van der Waals surface area (Å²) in [6.45, 7) is 8.09. The minimum atomic E-state index is -0.443. The van der Waals surface area contributed by atoms with E-state index in [0.717, 1.165) is 4.48 Å². The van der Waals surface area contributed by atoms with Crippen LogP contribution in [0.1, 0.15) is 13.8 Å². The van der Waals surface area contributed by atoms with Gasteiger partial charge in [0.05, 0.1) is 6.61 Å². The van der Waals surface area contributed by atoms with Crippen molar-refractivity contribution in [1.82, 2.24) is 0 Å². The molecule has 1 aliphatic heterocycles. The highest BCUT2D eigenvalue weighted by Crippen LogP contribution is 2.27. The first kappa shape index (κ1) is 8.24. The highest BCUT2D eigenvalue weighted by Gasteiger charge is 2.33. The van der Waals surface area contributed by atoms with Crippen molar-refractivity contribution < 1.29 is 9.47 Å². The van der Waals surface area contributed by atoms with Crippen LogP contribution < -0.4 is 0 Å². The van der Waals surface area contributed by atoms with E-state index in [4.69, 9.17) is 9.47 Å². The van der Waals surface area contributed by atoms with E-state index in [-0.39, 0.29) is 6.10 Å². The SMILES string of the molecule is C=C(Br)C1COC(C)(C)O1. The number of rotatable bonds is 1. The Kier molecular flexibility index (Phi) is 2.18. The highest BCUT2D eigenvalue weighted by atomic mass is 79.9. The normalized spacial score (nSPS) is 30.5. The summed E-state index contributed by atoms with van der Waals surface area (Å²) in [7, 11) is 0. The molecule has 0 aromatic carbocycles. The van der Waals surface area contributed by atoms with E-state index in [0.29, 0.717) is 6.61 Å². The molecule has 1 heterocycles. The van der Waals surface area contributed by atoms with E-state index < -0.39 is 5.79 Å². The van der Waals surface area contributed by atoms with Gasteiger partial charge >= 0.3 is 0 Å². The maximum Gasteiger partial charge on any atom is 0.163 e. The molecule has 1 atom stereocenters. The van der Waals surface area contributed by atoms with Crippen molar-refractivity contribution in [2.24, 2.45) is 0 Å². The molecule has 1 saturated heterocycles. The molecule has 0 spiro atoms. The Morgan fingerprint density at radius 3 is 2.50 bits per heavy atom. The van der Waals surface area contributed by atoms with Crippen molar-refractivity contribution in [2.75, 3.05) is 6.61 Å². The summed E-state index contributed by atoms with van der Waals surface area (Å²) < 4.78 is 11.6. The van der Waals surface area contributed by atoms with Crippen LogP contribution in [-0.2, 0) is 9.47 Å². The average Bonchev–Trinajstić information content (AvgIpc) is 2.10. The van der Waals surface area contributed by atoms with E-state index in [1.54, 1.807) is 0 Å². The molecule has 0 saturated carbocycles. The summed E-state index contributed by atoms with van der Waals surface area (Å²) in [4.78, 5) is 0. The maximum atomic E-state index is 5.44. The first-order valence-electron chi connectivity index (χ1n) is 3.17. The molecule has 0 amide bonds. The highest BCUT2D eigenvalue weighted by molar-refractivity contribution is 9.11. The summed E-state index contributed by atoms with van der Waals surface area (Å²) >= 11 is 3.25. The van der Waals surface area contributed by atoms with Gasteiger partial charge in [-0.05, 0) is 13.8 Å². The molecule has 0 bridgehead atoms. The van der Waals surface area contributed by atoms with Crippen LogP contribution >= 0.6 is 15.9 Å². The van der Waals surface area contributed by atoms with Crippen molar-refractivity contribution in [2.45, 2.75) is 25.7 Å². The lowest BCUT2D eigenvalue weighted by Crippen LogP contribution is -2.21. The number of hydrogen-bond acceptors (Lipinski definition) is 2. The van der Waals surface area contributed by atoms with Gasteiger partial charge in [-0.2, -0.15) is 0 Å². The largest absolute Gasteiger partial charge is 0.347 e. The monoisotopic (exact) mass is 206 g/mol. The van der Waals surface area contributed by atoms with Gasteiger partial charge < -0.3 is 9.47 Å². The Morgan fingerprint density at radius 1 is 1.70 bits per heavy atom. The van der Waals surface area contributed by atoms with Crippen molar-refractivity contribution in [3.63, 3.8) is 0 Å². The van der Waals surface area contributed by atoms with Gasteiger partial charge in [0, 0.05) is 4.48 Å². The molecular formula is C7H11BrO2. The van der Waals surface area contributed by atoms with Gasteiger partial charge in [0.25, 0.3) is 0 Å². The van der Waals surface area contributed by atoms with Gasteiger partial charge in [0.1, 0.15) is 6.10 Å². The molecule has 1 aliphatic rings. The van der Waals surface area contributed by atoms with Crippen molar-refractivity contribution in [3.05, 3.63) is 11.1 Å². The fraction of sp³-hybridized carbons (Fsp3) is 0.714. The summed E-state index contributed by atoms with van der Waals surface area (Å²) in [5.74, 6) is -0.443. The topological polar surface area (TPSA) is 18.5 Å². The third-order valence-electron chi connectivity index (χ3n) is 1.36. The molecule has 1 rings (SSSR count). The van der Waals surface area contributed by atoms with Gasteiger partial charge in [-0.1, -0.05) is 22.5 Å². The van der Waals surface area contributed by atoms with Crippen LogP contribution in [0.15, 0.2) is 11.1 Å². The third kappa shape index (κ3) is 1.81. The van der Waals surface area contributed by atoms with E-state index in [1.165, 1.54) is 0 Å². The molecule has 3 heteroatoms. The predicted molar refractivity (Wildman–Crippen MR) is 43.0 cm³/mol. The van der Waals surface area contributed by atoms with E-state index in [9.17, 15) is 0 Å². The molecule has 1 unspecified atom stereocenters. The van der Waals surface area contributed by atoms with Crippen LogP contribution in [0.4, 0.5) is 0 Å². The molecule has 0 aromatic heterocycles. The molecule has 58 valence electrons.